The fraction of sp³-hybridized carbons (Fsp3) is 0. The van der Waals surface area contributed by atoms with Gasteiger partial charge in [-0.05, 0) is 47.8 Å². The normalized spacial score (nSPS) is 11.0. The molecule has 0 atom stereocenters. The zero-order chi connectivity index (χ0) is 16.7. The van der Waals surface area contributed by atoms with Crippen LogP contribution in [0.1, 0.15) is 5.56 Å². The highest BCUT2D eigenvalue weighted by molar-refractivity contribution is 7.13. The molecule has 1 aromatic carbocycles. The number of fused-ring (bicyclic) bond motifs is 1. The molecule has 0 aliphatic rings. The average molecular weight is 337 g/mol. The fourth-order valence-electron chi connectivity index (χ4n) is 2.50. The number of pyridine rings is 1. The second-order valence-corrected chi connectivity index (χ2v) is 6.15. The Balaban J connectivity index is 1.98. The number of thiophene rings is 1. The summed E-state index contributed by atoms with van der Waals surface area (Å²) in [6.07, 6.45) is 0. The molecule has 0 radical (unpaired) electrons. The Morgan fingerprint density at radius 2 is 1.92 bits per heavy atom. The summed E-state index contributed by atoms with van der Waals surface area (Å²) in [5.74, 6) is 0.0727. The smallest absolute Gasteiger partial charge is 0.182 e. The van der Waals surface area contributed by atoms with Gasteiger partial charge in [0.05, 0.1) is 16.1 Å². The molecule has 0 saturated carbocycles. The third-order valence-corrected chi connectivity index (χ3v) is 4.54. The van der Waals surface area contributed by atoms with Gasteiger partial charge >= 0.3 is 0 Å². The molecule has 4 rings (SSSR count). The number of halogens is 1. The summed E-state index contributed by atoms with van der Waals surface area (Å²) in [5.41, 5.74) is 8.26. The minimum Gasteiger partial charge on any atom is -0.384 e. The van der Waals surface area contributed by atoms with E-state index in [0.717, 1.165) is 10.6 Å². The lowest BCUT2D eigenvalue weighted by atomic mass is 10.2. The van der Waals surface area contributed by atoms with Gasteiger partial charge in [-0.25, -0.2) is 13.9 Å². The van der Waals surface area contributed by atoms with Crippen LogP contribution in [0.5, 0.6) is 0 Å². The summed E-state index contributed by atoms with van der Waals surface area (Å²) in [5, 5.41) is 14.3. The first-order valence-electron chi connectivity index (χ1n) is 7.17. The minimum absolute atomic E-state index is 0.0733. The highest BCUT2D eigenvalue weighted by Gasteiger charge is 2.16. The fourth-order valence-corrected chi connectivity index (χ4v) is 3.24. The van der Waals surface area contributed by atoms with Gasteiger partial charge in [0.25, 0.3) is 0 Å². The number of hydrogen-bond donors (Lipinski definition) is 2. The van der Waals surface area contributed by atoms with E-state index in [9.17, 15) is 4.39 Å². The average Bonchev–Trinajstić information content (AvgIpc) is 3.24. The van der Waals surface area contributed by atoms with Crippen molar-refractivity contribution in [2.24, 2.45) is 5.73 Å². The maximum atomic E-state index is 13.1. The van der Waals surface area contributed by atoms with E-state index in [1.54, 1.807) is 34.1 Å². The highest BCUT2D eigenvalue weighted by atomic mass is 32.1. The molecule has 3 N–H and O–H groups in total. The van der Waals surface area contributed by atoms with E-state index in [4.69, 9.17) is 11.1 Å². The zero-order valence-electron chi connectivity index (χ0n) is 12.4. The first-order valence-corrected chi connectivity index (χ1v) is 8.05. The van der Waals surface area contributed by atoms with Crippen molar-refractivity contribution < 1.29 is 4.39 Å². The Labute approximate surface area is 140 Å². The van der Waals surface area contributed by atoms with Gasteiger partial charge in [-0.3, -0.25) is 5.41 Å². The molecule has 3 heterocycles. The van der Waals surface area contributed by atoms with Gasteiger partial charge in [-0.2, -0.15) is 0 Å². The summed E-state index contributed by atoms with van der Waals surface area (Å²) >= 11 is 1.59. The Morgan fingerprint density at radius 1 is 1.12 bits per heavy atom. The van der Waals surface area contributed by atoms with Crippen LogP contribution in [-0.4, -0.2) is 20.4 Å². The second kappa shape index (κ2) is 5.54. The second-order valence-electron chi connectivity index (χ2n) is 5.20. The Kier molecular flexibility index (Phi) is 3.35. The van der Waals surface area contributed by atoms with Crippen LogP contribution in [0.15, 0.2) is 53.9 Å². The van der Waals surface area contributed by atoms with Crippen LogP contribution in [0.4, 0.5) is 4.39 Å². The van der Waals surface area contributed by atoms with Crippen LogP contribution in [-0.2, 0) is 0 Å². The van der Waals surface area contributed by atoms with Gasteiger partial charge in [-0.15, -0.1) is 16.4 Å². The lowest BCUT2D eigenvalue weighted by Gasteiger charge is -2.05. The quantitative estimate of drug-likeness (QED) is 0.443. The number of benzene rings is 1. The van der Waals surface area contributed by atoms with E-state index in [0.29, 0.717) is 22.6 Å². The van der Waals surface area contributed by atoms with Crippen LogP contribution >= 0.6 is 11.3 Å². The molecule has 0 aliphatic carbocycles. The predicted molar refractivity (Wildman–Crippen MR) is 92.7 cm³/mol. The lowest BCUT2D eigenvalue weighted by molar-refractivity contribution is 0.628. The van der Waals surface area contributed by atoms with E-state index in [1.807, 2.05) is 23.6 Å². The monoisotopic (exact) mass is 337 g/mol. The summed E-state index contributed by atoms with van der Waals surface area (Å²) in [6.45, 7) is 0. The maximum absolute atomic E-state index is 13.1. The number of nitrogens with two attached hydrogens (primary N) is 1. The van der Waals surface area contributed by atoms with Crippen molar-refractivity contribution in [2.45, 2.75) is 0 Å². The van der Waals surface area contributed by atoms with Crippen molar-refractivity contribution >= 4 is 22.8 Å². The number of rotatable bonds is 3. The SMILES string of the molecule is N=C(N)c1ccc(-c2cccs2)n2nc(-c3ccc(F)cc3)nc12. The molecular formula is C17H12FN5S. The van der Waals surface area contributed by atoms with Gasteiger partial charge in [0.2, 0.25) is 0 Å². The standard InChI is InChI=1S/C17H12FN5S/c18-11-5-3-10(4-6-11)16-21-17-12(15(19)20)7-8-13(23(17)22-16)14-2-1-9-24-14/h1-9H,(H3,19,20). The van der Waals surface area contributed by atoms with Crippen molar-refractivity contribution in [3.63, 3.8) is 0 Å². The molecule has 0 fully saturated rings. The third kappa shape index (κ3) is 2.35. The molecular weight excluding hydrogens is 325 g/mol. The zero-order valence-corrected chi connectivity index (χ0v) is 13.2. The Morgan fingerprint density at radius 3 is 2.58 bits per heavy atom. The number of nitrogens with zero attached hydrogens (tertiary/aromatic N) is 3. The van der Waals surface area contributed by atoms with E-state index in [-0.39, 0.29) is 11.7 Å². The van der Waals surface area contributed by atoms with Crippen molar-refractivity contribution in [1.82, 2.24) is 14.6 Å². The lowest BCUT2D eigenvalue weighted by Crippen LogP contribution is -2.13. The van der Waals surface area contributed by atoms with Crippen LogP contribution in [0.2, 0.25) is 0 Å². The van der Waals surface area contributed by atoms with Gasteiger partial charge in [-0.1, -0.05) is 6.07 Å². The Hall–Kier alpha value is -3.06. The minimum atomic E-state index is -0.314. The number of amidine groups is 1. The number of nitrogen functional groups attached to an aromatic ring is 1. The molecule has 4 aromatic rings. The molecule has 0 saturated heterocycles. The summed E-state index contributed by atoms with van der Waals surface area (Å²) < 4.78 is 14.8. The van der Waals surface area contributed by atoms with E-state index >= 15 is 0 Å². The summed E-state index contributed by atoms with van der Waals surface area (Å²) in [7, 11) is 0. The largest absolute Gasteiger partial charge is 0.384 e. The van der Waals surface area contributed by atoms with Crippen molar-refractivity contribution in [2.75, 3.05) is 0 Å². The predicted octanol–water partition coefficient (Wildman–Crippen LogP) is 3.55. The van der Waals surface area contributed by atoms with Crippen molar-refractivity contribution in [1.29, 1.82) is 5.41 Å². The first kappa shape index (κ1) is 14.5. The molecule has 0 aliphatic heterocycles. The Bertz CT molecular complexity index is 1030. The molecule has 0 spiro atoms. The van der Waals surface area contributed by atoms with Gasteiger partial charge in [0.15, 0.2) is 11.5 Å². The van der Waals surface area contributed by atoms with Gasteiger partial charge in [0, 0.05) is 5.56 Å². The van der Waals surface area contributed by atoms with Gasteiger partial charge < -0.3 is 5.73 Å². The molecule has 0 unspecified atom stereocenters. The molecule has 7 heteroatoms. The topological polar surface area (TPSA) is 80.1 Å². The molecule has 24 heavy (non-hydrogen) atoms. The van der Waals surface area contributed by atoms with E-state index in [1.165, 1.54) is 12.1 Å². The third-order valence-electron chi connectivity index (χ3n) is 3.65. The molecule has 3 aromatic heterocycles. The van der Waals surface area contributed by atoms with Crippen LogP contribution < -0.4 is 5.73 Å². The van der Waals surface area contributed by atoms with E-state index in [2.05, 4.69) is 10.1 Å². The maximum Gasteiger partial charge on any atom is 0.182 e. The van der Waals surface area contributed by atoms with Crippen LogP contribution in [0.3, 0.4) is 0 Å². The molecule has 118 valence electrons. The molecule has 0 bridgehead atoms. The van der Waals surface area contributed by atoms with Crippen molar-refractivity contribution in [3.05, 3.63) is 65.3 Å². The number of hydrogen-bond acceptors (Lipinski definition) is 4. The first-order chi connectivity index (χ1) is 11.6. The number of nitrogens with one attached hydrogen (secondary N) is 1. The van der Waals surface area contributed by atoms with Crippen molar-refractivity contribution in [3.8, 4) is 22.0 Å². The molecule has 0 amide bonds. The van der Waals surface area contributed by atoms with E-state index < -0.39 is 0 Å². The molecule has 5 nitrogen and oxygen atoms in total. The van der Waals surface area contributed by atoms with Crippen LogP contribution in [0, 0.1) is 11.2 Å². The highest BCUT2D eigenvalue weighted by Crippen LogP contribution is 2.28. The van der Waals surface area contributed by atoms with Crippen LogP contribution in [0.25, 0.3) is 27.6 Å². The summed E-state index contributed by atoms with van der Waals surface area (Å²) in [6, 6.07) is 13.6. The summed E-state index contributed by atoms with van der Waals surface area (Å²) in [4.78, 5) is 5.55. The number of aromatic nitrogens is 3. The van der Waals surface area contributed by atoms with Gasteiger partial charge in [0.1, 0.15) is 11.7 Å².